The van der Waals surface area contributed by atoms with Crippen LogP contribution in [0.5, 0.6) is 0 Å². The van der Waals surface area contributed by atoms with Crippen LogP contribution in [0, 0.1) is 11.8 Å². The van der Waals surface area contributed by atoms with Gasteiger partial charge in [0.15, 0.2) is 0 Å². The van der Waals surface area contributed by atoms with Crippen LogP contribution in [0.1, 0.15) is 65.2 Å². The topological polar surface area (TPSA) is 44.8 Å². The molecule has 2 aliphatic carbocycles. The Kier molecular flexibility index (Phi) is 6.74. The molecule has 0 bridgehead atoms. The first kappa shape index (κ1) is 20.4. The molecule has 4 rings (SSSR count). The van der Waals surface area contributed by atoms with Gasteiger partial charge < -0.3 is 9.64 Å². The minimum absolute atomic E-state index is 0.158. The molecule has 5 nitrogen and oxygen atoms in total. The lowest BCUT2D eigenvalue weighted by molar-refractivity contribution is -0.132. The van der Waals surface area contributed by atoms with Gasteiger partial charge in [0.25, 0.3) is 5.91 Å². The predicted molar refractivity (Wildman–Crippen MR) is 112 cm³/mol. The summed E-state index contributed by atoms with van der Waals surface area (Å²) < 4.78 is 5.45. The Morgan fingerprint density at radius 1 is 1.07 bits per heavy atom. The molecule has 1 N–H and O–H groups in total. The number of hydrogen-bond acceptors (Lipinski definition) is 4. The van der Waals surface area contributed by atoms with Gasteiger partial charge in [0.05, 0.1) is 13.2 Å². The standard InChI is InChI=1S/C23H39N3O2/c1-17-7-5-10-21(18(17)2)26-22(19-8-3-4-9-20(19)23(26)27)24-11-6-12-25-13-15-28-16-14-25/h17-18,21-22,24H,3-16H2,1-2H3/t17-,18-,21+,22-/m1/s1. The summed E-state index contributed by atoms with van der Waals surface area (Å²) in [6.07, 6.45) is 9.55. The molecular weight excluding hydrogens is 350 g/mol. The third kappa shape index (κ3) is 4.17. The molecule has 0 radical (unpaired) electrons. The molecule has 0 aromatic rings. The third-order valence-electron chi connectivity index (χ3n) is 7.73. The van der Waals surface area contributed by atoms with Gasteiger partial charge in [-0.05, 0) is 69.0 Å². The number of hydrogen-bond donors (Lipinski definition) is 1. The van der Waals surface area contributed by atoms with Gasteiger partial charge in [-0.15, -0.1) is 0 Å². The Hall–Kier alpha value is -0.910. The van der Waals surface area contributed by atoms with Crippen molar-refractivity contribution < 1.29 is 9.53 Å². The van der Waals surface area contributed by atoms with Crippen LogP contribution in [0.3, 0.4) is 0 Å². The van der Waals surface area contributed by atoms with E-state index in [1.54, 1.807) is 0 Å². The zero-order chi connectivity index (χ0) is 19.5. The first-order valence-corrected chi connectivity index (χ1v) is 11.7. The highest BCUT2D eigenvalue weighted by molar-refractivity contribution is 5.98. The lowest BCUT2D eigenvalue weighted by atomic mass is 9.77. The molecule has 0 spiro atoms. The van der Waals surface area contributed by atoms with Gasteiger partial charge in [0.1, 0.15) is 6.17 Å². The zero-order valence-corrected chi connectivity index (χ0v) is 17.9. The second kappa shape index (κ2) is 9.27. The van der Waals surface area contributed by atoms with Gasteiger partial charge in [-0.3, -0.25) is 15.0 Å². The van der Waals surface area contributed by atoms with Crippen LogP contribution in [0.25, 0.3) is 0 Å². The Morgan fingerprint density at radius 2 is 1.86 bits per heavy atom. The number of ether oxygens (including phenoxy) is 1. The molecule has 2 aliphatic heterocycles. The average molecular weight is 390 g/mol. The molecule has 5 heteroatoms. The lowest BCUT2D eigenvalue weighted by Gasteiger charge is -2.43. The molecular formula is C23H39N3O2. The van der Waals surface area contributed by atoms with Crippen LogP contribution < -0.4 is 5.32 Å². The predicted octanol–water partition coefficient (Wildman–Crippen LogP) is 3.16. The second-order valence-electron chi connectivity index (χ2n) is 9.42. The van der Waals surface area contributed by atoms with E-state index in [-0.39, 0.29) is 6.17 Å². The van der Waals surface area contributed by atoms with Crippen molar-refractivity contribution in [2.24, 2.45) is 11.8 Å². The Morgan fingerprint density at radius 3 is 2.68 bits per heavy atom. The summed E-state index contributed by atoms with van der Waals surface area (Å²) in [5.74, 6) is 1.66. The summed E-state index contributed by atoms with van der Waals surface area (Å²) in [4.78, 5) is 18.2. The van der Waals surface area contributed by atoms with Crippen LogP contribution in [-0.2, 0) is 9.53 Å². The van der Waals surface area contributed by atoms with E-state index in [1.165, 1.54) is 37.7 Å². The van der Waals surface area contributed by atoms with Crippen molar-refractivity contribution >= 4 is 5.91 Å². The highest BCUT2D eigenvalue weighted by Gasteiger charge is 2.45. The van der Waals surface area contributed by atoms with Crippen LogP contribution in [0.15, 0.2) is 11.1 Å². The summed E-state index contributed by atoms with van der Waals surface area (Å²) in [6.45, 7) is 10.7. The molecule has 28 heavy (non-hydrogen) atoms. The average Bonchev–Trinajstić information content (AvgIpc) is 3.00. The van der Waals surface area contributed by atoms with Crippen molar-refractivity contribution in [2.45, 2.75) is 77.4 Å². The lowest BCUT2D eigenvalue weighted by Crippen LogP contribution is -2.54. The first-order valence-electron chi connectivity index (χ1n) is 11.7. The van der Waals surface area contributed by atoms with Crippen LogP contribution in [-0.4, -0.2) is 67.3 Å². The number of nitrogens with one attached hydrogen (secondary N) is 1. The van der Waals surface area contributed by atoms with Crippen molar-refractivity contribution in [3.63, 3.8) is 0 Å². The molecule has 158 valence electrons. The van der Waals surface area contributed by atoms with Gasteiger partial charge >= 0.3 is 0 Å². The van der Waals surface area contributed by atoms with Crippen molar-refractivity contribution in [3.8, 4) is 0 Å². The van der Waals surface area contributed by atoms with Gasteiger partial charge in [-0.25, -0.2) is 0 Å². The van der Waals surface area contributed by atoms with Crippen molar-refractivity contribution in [3.05, 3.63) is 11.1 Å². The number of nitrogens with zero attached hydrogens (tertiary/aromatic N) is 2. The minimum Gasteiger partial charge on any atom is -0.379 e. The van der Waals surface area contributed by atoms with Gasteiger partial charge in [0, 0.05) is 24.7 Å². The fraction of sp³-hybridized carbons (Fsp3) is 0.870. The monoisotopic (exact) mass is 389 g/mol. The van der Waals surface area contributed by atoms with E-state index < -0.39 is 0 Å². The fourth-order valence-electron chi connectivity index (χ4n) is 5.79. The molecule has 2 heterocycles. The van der Waals surface area contributed by atoms with E-state index in [2.05, 4.69) is 29.0 Å². The molecule has 4 aliphatic rings. The Balaban J connectivity index is 1.41. The molecule has 1 saturated carbocycles. The van der Waals surface area contributed by atoms with E-state index in [4.69, 9.17) is 4.74 Å². The molecule has 0 unspecified atom stereocenters. The van der Waals surface area contributed by atoms with Gasteiger partial charge in [0.2, 0.25) is 0 Å². The van der Waals surface area contributed by atoms with E-state index in [1.807, 2.05) is 0 Å². The molecule has 1 saturated heterocycles. The van der Waals surface area contributed by atoms with Crippen molar-refractivity contribution in [1.29, 1.82) is 0 Å². The highest BCUT2D eigenvalue weighted by atomic mass is 16.5. The summed E-state index contributed by atoms with van der Waals surface area (Å²) in [5.41, 5.74) is 2.58. The fourth-order valence-corrected chi connectivity index (χ4v) is 5.79. The maximum Gasteiger partial charge on any atom is 0.251 e. The number of morpholine rings is 1. The van der Waals surface area contributed by atoms with Crippen LogP contribution >= 0.6 is 0 Å². The van der Waals surface area contributed by atoms with E-state index in [0.717, 1.165) is 64.2 Å². The molecule has 1 amide bonds. The maximum atomic E-state index is 13.4. The van der Waals surface area contributed by atoms with Crippen LogP contribution in [0.4, 0.5) is 0 Å². The van der Waals surface area contributed by atoms with Crippen LogP contribution in [0.2, 0.25) is 0 Å². The molecule has 0 aromatic carbocycles. The molecule has 0 aromatic heterocycles. The maximum absolute atomic E-state index is 13.4. The smallest absolute Gasteiger partial charge is 0.251 e. The SMILES string of the molecule is C[C@@H]1[C@H](C)CCC[C@@H]1N1C(=O)C2=C(CCCC2)[C@@H]1NCCCN1CCOCC1. The summed E-state index contributed by atoms with van der Waals surface area (Å²) in [7, 11) is 0. The van der Waals surface area contributed by atoms with Crippen molar-refractivity contribution in [2.75, 3.05) is 39.4 Å². The minimum atomic E-state index is 0.158. The van der Waals surface area contributed by atoms with E-state index in [9.17, 15) is 4.79 Å². The number of rotatable bonds is 6. The summed E-state index contributed by atoms with van der Waals surface area (Å²) >= 11 is 0. The quantitative estimate of drug-likeness (QED) is 0.709. The summed E-state index contributed by atoms with van der Waals surface area (Å²) in [5, 5.41) is 3.82. The molecule has 2 fully saturated rings. The Bertz CT molecular complexity index is 584. The van der Waals surface area contributed by atoms with Gasteiger partial charge in [-0.2, -0.15) is 0 Å². The zero-order valence-electron chi connectivity index (χ0n) is 17.9. The van der Waals surface area contributed by atoms with Gasteiger partial charge in [-0.1, -0.05) is 26.7 Å². The van der Waals surface area contributed by atoms with E-state index >= 15 is 0 Å². The highest BCUT2D eigenvalue weighted by Crippen LogP contribution is 2.41. The number of carbonyl (C=O) groups excluding carboxylic acids is 1. The Labute approximate surface area is 170 Å². The number of carbonyl (C=O) groups is 1. The summed E-state index contributed by atoms with van der Waals surface area (Å²) in [6, 6.07) is 0.401. The normalized spacial score (nSPS) is 34.8. The van der Waals surface area contributed by atoms with E-state index in [0.29, 0.717) is 23.8 Å². The third-order valence-corrected chi connectivity index (χ3v) is 7.73. The first-order chi connectivity index (χ1) is 13.7. The largest absolute Gasteiger partial charge is 0.379 e. The van der Waals surface area contributed by atoms with Crippen molar-refractivity contribution in [1.82, 2.24) is 15.1 Å². The second-order valence-corrected chi connectivity index (χ2v) is 9.42. The molecule has 4 atom stereocenters. The number of amides is 1.